The number of hydrogen-bond donors (Lipinski definition) is 1. The Morgan fingerprint density at radius 2 is 2.08 bits per heavy atom. The molecule has 13 heavy (non-hydrogen) atoms. The summed E-state index contributed by atoms with van der Waals surface area (Å²) in [5.74, 6) is 0.651. The van der Waals surface area contributed by atoms with E-state index in [4.69, 9.17) is 0 Å². The van der Waals surface area contributed by atoms with Crippen molar-refractivity contribution in [3.05, 3.63) is 0 Å². The van der Waals surface area contributed by atoms with Gasteiger partial charge < -0.3 is 4.90 Å². The van der Waals surface area contributed by atoms with Gasteiger partial charge in [-0.2, -0.15) is 0 Å². The quantitative estimate of drug-likeness (QED) is 0.611. The molecule has 0 aliphatic carbocycles. The van der Waals surface area contributed by atoms with Crippen LogP contribution < -0.4 is 5.32 Å². The molecule has 2 fully saturated rings. The maximum absolute atomic E-state index is 11.7. The molecule has 2 saturated heterocycles. The third-order valence-electron chi connectivity index (χ3n) is 2.54. The minimum atomic E-state index is -0.989. The molecule has 0 bridgehead atoms. The molecule has 0 aromatic heterocycles. The molecule has 0 radical (unpaired) electrons. The average Bonchev–Trinajstić information content (AvgIpc) is 2.72. The predicted octanol–water partition coefficient (Wildman–Crippen LogP) is -0.713. The lowest BCUT2D eigenvalue weighted by molar-refractivity contribution is -0.130. The number of amides is 1. The van der Waals surface area contributed by atoms with Crippen LogP contribution in [0.15, 0.2) is 0 Å². The maximum Gasteiger partial charge on any atom is 0.252 e. The number of carbonyl (C=O) groups is 1. The standard InChI is InChI=1S/C8H14N2O2S/c11-8(10-4-1-2-5-10)7-9-3-6-13(7)12/h7,9H,1-6H2/t7?,13-/m1/s1. The molecule has 2 heterocycles. The molecule has 74 valence electrons. The van der Waals surface area contributed by atoms with Gasteiger partial charge in [0.2, 0.25) is 0 Å². The number of nitrogens with zero attached hydrogens (tertiary/aromatic N) is 1. The summed E-state index contributed by atoms with van der Waals surface area (Å²) in [7, 11) is -0.989. The second kappa shape index (κ2) is 3.75. The van der Waals surface area contributed by atoms with Crippen LogP contribution in [-0.4, -0.2) is 45.8 Å². The highest BCUT2D eigenvalue weighted by Gasteiger charge is 2.33. The first-order valence-corrected chi connectivity index (χ1v) is 6.06. The third-order valence-corrected chi connectivity index (χ3v) is 4.04. The lowest BCUT2D eigenvalue weighted by Crippen LogP contribution is -2.43. The van der Waals surface area contributed by atoms with Crippen molar-refractivity contribution in [1.29, 1.82) is 0 Å². The van der Waals surface area contributed by atoms with Gasteiger partial charge in [-0.3, -0.25) is 14.3 Å². The molecular formula is C8H14N2O2S. The van der Waals surface area contributed by atoms with E-state index in [-0.39, 0.29) is 5.91 Å². The molecule has 0 aromatic rings. The minimum absolute atomic E-state index is 0.0355. The summed E-state index contributed by atoms with van der Waals surface area (Å²) < 4.78 is 11.4. The number of rotatable bonds is 1. The summed E-state index contributed by atoms with van der Waals surface area (Å²) in [6, 6.07) is 0. The first-order valence-electron chi connectivity index (χ1n) is 4.68. The Bertz CT molecular complexity index is 238. The highest BCUT2D eigenvalue weighted by molar-refractivity contribution is 7.86. The van der Waals surface area contributed by atoms with E-state index >= 15 is 0 Å². The second-order valence-corrected chi connectivity index (χ2v) is 5.09. The Morgan fingerprint density at radius 1 is 1.38 bits per heavy atom. The van der Waals surface area contributed by atoms with Crippen molar-refractivity contribution in [3.63, 3.8) is 0 Å². The van der Waals surface area contributed by atoms with E-state index in [1.54, 1.807) is 0 Å². The Labute approximate surface area is 80.1 Å². The lowest BCUT2D eigenvalue weighted by atomic mass is 10.4. The van der Waals surface area contributed by atoms with Gasteiger partial charge in [-0.15, -0.1) is 0 Å². The number of nitrogens with one attached hydrogen (secondary N) is 1. The first-order chi connectivity index (χ1) is 6.29. The van der Waals surface area contributed by atoms with E-state index < -0.39 is 16.2 Å². The van der Waals surface area contributed by atoms with Gasteiger partial charge in [-0.1, -0.05) is 0 Å². The molecule has 2 aliphatic heterocycles. The van der Waals surface area contributed by atoms with Crippen LogP contribution in [0.1, 0.15) is 12.8 Å². The number of carbonyl (C=O) groups excluding carboxylic acids is 1. The van der Waals surface area contributed by atoms with E-state index in [1.807, 2.05) is 4.90 Å². The smallest absolute Gasteiger partial charge is 0.252 e. The molecule has 2 atom stereocenters. The van der Waals surface area contributed by atoms with Gasteiger partial charge in [0.15, 0.2) is 5.37 Å². The molecule has 2 rings (SSSR count). The van der Waals surface area contributed by atoms with E-state index in [9.17, 15) is 9.00 Å². The number of hydrogen-bond acceptors (Lipinski definition) is 3. The van der Waals surface area contributed by atoms with Crippen LogP contribution in [0.25, 0.3) is 0 Å². The summed E-state index contributed by atoms with van der Waals surface area (Å²) in [4.78, 5) is 13.5. The molecule has 5 heteroatoms. The van der Waals surface area contributed by atoms with Gasteiger partial charge in [0, 0.05) is 36.2 Å². The van der Waals surface area contributed by atoms with Crippen molar-refractivity contribution < 1.29 is 9.00 Å². The van der Waals surface area contributed by atoms with Crippen LogP contribution in [0, 0.1) is 0 Å². The second-order valence-electron chi connectivity index (χ2n) is 3.45. The molecule has 4 nitrogen and oxygen atoms in total. The Morgan fingerprint density at radius 3 is 2.62 bits per heavy atom. The predicted molar refractivity (Wildman–Crippen MR) is 50.6 cm³/mol. The van der Waals surface area contributed by atoms with Crippen LogP contribution in [0.4, 0.5) is 0 Å². The largest absolute Gasteiger partial charge is 0.341 e. The van der Waals surface area contributed by atoms with Crippen LogP contribution in [-0.2, 0) is 15.6 Å². The van der Waals surface area contributed by atoms with Crippen LogP contribution in [0.5, 0.6) is 0 Å². The topological polar surface area (TPSA) is 49.4 Å². The summed E-state index contributed by atoms with van der Waals surface area (Å²) >= 11 is 0. The molecule has 0 saturated carbocycles. The summed E-state index contributed by atoms with van der Waals surface area (Å²) in [6.07, 6.45) is 2.18. The molecule has 2 aliphatic rings. The van der Waals surface area contributed by atoms with Crippen molar-refractivity contribution >= 4 is 16.7 Å². The first kappa shape index (κ1) is 9.15. The van der Waals surface area contributed by atoms with Crippen molar-refractivity contribution in [2.24, 2.45) is 0 Å². The zero-order valence-corrected chi connectivity index (χ0v) is 8.31. The highest BCUT2D eigenvalue weighted by atomic mass is 32.2. The Balaban J connectivity index is 1.99. The highest BCUT2D eigenvalue weighted by Crippen LogP contribution is 2.12. The van der Waals surface area contributed by atoms with Gasteiger partial charge in [0.1, 0.15) is 0 Å². The van der Waals surface area contributed by atoms with Gasteiger partial charge in [-0.25, -0.2) is 0 Å². The maximum atomic E-state index is 11.7. The molecule has 1 unspecified atom stereocenters. The lowest BCUT2D eigenvalue weighted by Gasteiger charge is -2.18. The minimum Gasteiger partial charge on any atom is -0.341 e. The van der Waals surface area contributed by atoms with Crippen LogP contribution in [0.2, 0.25) is 0 Å². The zero-order chi connectivity index (χ0) is 9.26. The molecule has 0 spiro atoms. The molecule has 1 amide bonds. The zero-order valence-electron chi connectivity index (χ0n) is 7.49. The summed E-state index contributed by atoms with van der Waals surface area (Å²) in [5, 5.41) is 2.57. The van der Waals surface area contributed by atoms with Gasteiger partial charge in [0.05, 0.1) is 0 Å². The normalized spacial score (nSPS) is 34.0. The van der Waals surface area contributed by atoms with E-state index in [1.165, 1.54) is 0 Å². The van der Waals surface area contributed by atoms with Crippen molar-refractivity contribution in [2.45, 2.75) is 18.2 Å². The average molecular weight is 202 g/mol. The SMILES string of the molecule is O=C(C1NCC[S@]1=O)N1CCCC1. The van der Waals surface area contributed by atoms with E-state index in [0.717, 1.165) is 25.9 Å². The molecule has 0 aromatic carbocycles. The fraction of sp³-hybridized carbons (Fsp3) is 0.875. The van der Waals surface area contributed by atoms with Crippen molar-refractivity contribution in [3.8, 4) is 0 Å². The van der Waals surface area contributed by atoms with Crippen LogP contribution in [0.3, 0.4) is 0 Å². The summed E-state index contributed by atoms with van der Waals surface area (Å²) in [5.41, 5.74) is 0. The van der Waals surface area contributed by atoms with E-state index in [0.29, 0.717) is 12.3 Å². The fourth-order valence-corrected chi connectivity index (χ4v) is 3.04. The number of likely N-dealkylation sites (tertiary alicyclic amines) is 1. The van der Waals surface area contributed by atoms with Crippen molar-refractivity contribution in [2.75, 3.05) is 25.4 Å². The van der Waals surface area contributed by atoms with Gasteiger partial charge >= 0.3 is 0 Å². The molecule has 1 N–H and O–H groups in total. The monoisotopic (exact) mass is 202 g/mol. The van der Waals surface area contributed by atoms with E-state index in [2.05, 4.69) is 5.32 Å². The van der Waals surface area contributed by atoms with Gasteiger partial charge in [-0.05, 0) is 12.8 Å². The third kappa shape index (κ3) is 1.76. The van der Waals surface area contributed by atoms with Crippen molar-refractivity contribution in [1.82, 2.24) is 10.2 Å². The molecular weight excluding hydrogens is 188 g/mol. The summed E-state index contributed by atoms with van der Waals surface area (Å²) in [6.45, 7) is 2.39. The van der Waals surface area contributed by atoms with Crippen LogP contribution >= 0.6 is 0 Å². The van der Waals surface area contributed by atoms with Gasteiger partial charge in [0.25, 0.3) is 5.91 Å². The fourth-order valence-electron chi connectivity index (χ4n) is 1.80. The Kier molecular flexibility index (Phi) is 2.64. The Hall–Kier alpha value is -0.420.